The number of halogens is 3. The molecule has 0 aromatic heterocycles. The average Bonchev–Trinajstić information content (AvgIpc) is 2.44. The van der Waals surface area contributed by atoms with Crippen LogP contribution in [0.15, 0.2) is 42.4 Å². The zero-order valence-electron chi connectivity index (χ0n) is 12.4. The molecule has 0 heterocycles. The summed E-state index contributed by atoms with van der Waals surface area (Å²) in [4.78, 5) is 3.93. The Morgan fingerprint density at radius 2 is 2.05 bits per heavy atom. The van der Waals surface area contributed by atoms with Crippen LogP contribution in [-0.2, 0) is 4.74 Å². The van der Waals surface area contributed by atoms with Gasteiger partial charge in [0, 0.05) is 19.0 Å². The van der Waals surface area contributed by atoms with E-state index in [2.05, 4.69) is 28.3 Å². The number of hydrazine groups is 1. The molecule has 0 amide bonds. The number of alkyl halides is 3. The Kier molecular flexibility index (Phi) is 9.20. The van der Waals surface area contributed by atoms with Crippen molar-refractivity contribution >= 4 is 6.21 Å². The van der Waals surface area contributed by atoms with Crippen LogP contribution in [0.4, 0.5) is 13.2 Å². The monoisotopic (exact) mass is 305 g/mol. The van der Waals surface area contributed by atoms with Crippen molar-refractivity contribution in [2.45, 2.75) is 32.5 Å². The maximum absolute atomic E-state index is 12.1. The van der Waals surface area contributed by atoms with Gasteiger partial charge in [-0.25, -0.2) is 10.4 Å². The van der Waals surface area contributed by atoms with E-state index in [-0.39, 0.29) is 11.9 Å². The van der Waals surface area contributed by atoms with Gasteiger partial charge < -0.3 is 9.75 Å². The summed E-state index contributed by atoms with van der Waals surface area (Å²) in [6.45, 7) is 10.2. The molecule has 7 heteroatoms. The van der Waals surface area contributed by atoms with Crippen molar-refractivity contribution in [1.82, 2.24) is 10.4 Å². The van der Waals surface area contributed by atoms with Gasteiger partial charge in [-0.3, -0.25) is 0 Å². The Bertz CT molecular complexity index is 378. The lowest BCUT2D eigenvalue weighted by atomic mass is 10.2. The van der Waals surface area contributed by atoms with Crippen LogP contribution in [0.25, 0.3) is 0 Å². The standard InChI is InChI=1S/C14H22F3N3O/c1-5-9-13(21-11-14(15,16)17)18-10-12(6-2)19-20(7-3)8-4/h5,7,9-10,12,19H,1,3,6,8,11H2,2,4H3/b13-9+,18-10-. The summed E-state index contributed by atoms with van der Waals surface area (Å²) >= 11 is 0. The predicted octanol–water partition coefficient (Wildman–Crippen LogP) is 3.41. The van der Waals surface area contributed by atoms with Crippen molar-refractivity contribution in [1.29, 1.82) is 0 Å². The smallest absolute Gasteiger partial charge is 0.422 e. The Morgan fingerprint density at radius 1 is 1.38 bits per heavy atom. The third-order valence-electron chi connectivity index (χ3n) is 2.36. The SMILES string of the molecule is C=C/C=C(\N=C/C(CC)NN(C=C)CC)OCC(F)(F)F. The van der Waals surface area contributed by atoms with Gasteiger partial charge in [-0.2, -0.15) is 13.2 Å². The summed E-state index contributed by atoms with van der Waals surface area (Å²) in [5, 5.41) is 1.76. The highest BCUT2D eigenvalue weighted by atomic mass is 19.4. The van der Waals surface area contributed by atoms with Crippen molar-refractivity contribution < 1.29 is 17.9 Å². The van der Waals surface area contributed by atoms with Crippen molar-refractivity contribution in [3.8, 4) is 0 Å². The van der Waals surface area contributed by atoms with Gasteiger partial charge in [0.2, 0.25) is 5.88 Å². The van der Waals surface area contributed by atoms with Gasteiger partial charge in [-0.1, -0.05) is 26.2 Å². The largest absolute Gasteiger partial charge is 0.468 e. The minimum Gasteiger partial charge on any atom is -0.468 e. The van der Waals surface area contributed by atoms with E-state index in [1.54, 1.807) is 11.2 Å². The average molecular weight is 305 g/mol. The van der Waals surface area contributed by atoms with Crippen LogP contribution in [0, 0.1) is 0 Å². The van der Waals surface area contributed by atoms with Gasteiger partial charge in [-0.05, 0) is 19.4 Å². The Balaban J connectivity index is 4.69. The molecule has 0 spiro atoms. The molecule has 0 saturated heterocycles. The van der Waals surface area contributed by atoms with Crippen LogP contribution in [0.2, 0.25) is 0 Å². The molecule has 1 atom stereocenters. The summed E-state index contributed by atoms with van der Waals surface area (Å²) in [5.41, 5.74) is 3.11. The first kappa shape index (κ1) is 19.2. The van der Waals surface area contributed by atoms with Gasteiger partial charge in [-0.15, -0.1) is 0 Å². The number of nitrogens with zero attached hydrogens (tertiary/aromatic N) is 2. The van der Waals surface area contributed by atoms with Crippen molar-refractivity contribution in [3.05, 3.63) is 37.4 Å². The molecule has 0 rings (SSSR count). The topological polar surface area (TPSA) is 36.9 Å². The number of hydrogen-bond acceptors (Lipinski definition) is 4. The molecule has 0 aliphatic carbocycles. The summed E-state index contributed by atoms with van der Waals surface area (Å²) < 4.78 is 41.0. The molecule has 120 valence electrons. The third-order valence-corrected chi connectivity index (χ3v) is 2.36. The van der Waals surface area contributed by atoms with E-state index in [1.807, 2.05) is 13.8 Å². The molecule has 0 bridgehead atoms. The van der Waals surface area contributed by atoms with Crippen LogP contribution in [0.3, 0.4) is 0 Å². The number of hydrogen-bond donors (Lipinski definition) is 1. The quantitative estimate of drug-likeness (QED) is 0.291. The van der Waals surface area contributed by atoms with Crippen LogP contribution in [0.5, 0.6) is 0 Å². The second-order valence-corrected chi connectivity index (χ2v) is 4.04. The minimum atomic E-state index is -4.40. The highest BCUT2D eigenvalue weighted by Gasteiger charge is 2.28. The van der Waals surface area contributed by atoms with Crippen LogP contribution in [0.1, 0.15) is 20.3 Å². The molecule has 0 saturated carbocycles. The number of ether oxygens (including phenoxy) is 1. The lowest BCUT2D eigenvalue weighted by Gasteiger charge is -2.23. The van der Waals surface area contributed by atoms with E-state index >= 15 is 0 Å². The second-order valence-electron chi connectivity index (χ2n) is 4.04. The third kappa shape index (κ3) is 9.73. The van der Waals surface area contributed by atoms with E-state index in [9.17, 15) is 13.2 Å². The van der Waals surface area contributed by atoms with E-state index in [1.165, 1.54) is 18.4 Å². The van der Waals surface area contributed by atoms with Crippen molar-refractivity contribution in [2.24, 2.45) is 4.99 Å². The second kappa shape index (κ2) is 10.0. The molecule has 0 aliphatic heterocycles. The fourth-order valence-electron chi connectivity index (χ4n) is 1.26. The van der Waals surface area contributed by atoms with Gasteiger partial charge >= 0.3 is 6.18 Å². The highest BCUT2D eigenvalue weighted by Crippen LogP contribution is 2.16. The van der Waals surface area contributed by atoms with Gasteiger partial charge in [0.1, 0.15) is 0 Å². The van der Waals surface area contributed by atoms with E-state index in [0.717, 1.165) is 0 Å². The predicted molar refractivity (Wildman–Crippen MR) is 78.6 cm³/mol. The fourth-order valence-corrected chi connectivity index (χ4v) is 1.26. The molecule has 21 heavy (non-hydrogen) atoms. The zero-order valence-corrected chi connectivity index (χ0v) is 12.4. The number of allylic oxidation sites excluding steroid dienone is 2. The number of rotatable bonds is 10. The van der Waals surface area contributed by atoms with Crippen LogP contribution in [-0.4, -0.2) is 36.6 Å². The molecule has 0 radical (unpaired) electrons. The maximum Gasteiger partial charge on any atom is 0.422 e. The van der Waals surface area contributed by atoms with Crippen LogP contribution < -0.4 is 5.43 Å². The van der Waals surface area contributed by atoms with E-state index in [0.29, 0.717) is 13.0 Å². The summed E-state index contributed by atoms with van der Waals surface area (Å²) in [6, 6.07) is -0.148. The molecule has 0 aromatic rings. The molecule has 1 unspecified atom stereocenters. The molecular weight excluding hydrogens is 283 g/mol. The first-order chi connectivity index (χ1) is 9.86. The lowest BCUT2D eigenvalue weighted by molar-refractivity contribution is -0.164. The van der Waals surface area contributed by atoms with Gasteiger partial charge in [0.15, 0.2) is 6.61 Å². The first-order valence-corrected chi connectivity index (χ1v) is 6.58. The van der Waals surface area contributed by atoms with Crippen molar-refractivity contribution in [2.75, 3.05) is 13.2 Å². The Morgan fingerprint density at radius 3 is 2.48 bits per heavy atom. The van der Waals surface area contributed by atoms with E-state index in [4.69, 9.17) is 0 Å². The number of aliphatic imine (C=N–C) groups is 1. The zero-order chi connectivity index (χ0) is 16.3. The Labute approximate surface area is 123 Å². The highest BCUT2D eigenvalue weighted by molar-refractivity contribution is 5.65. The molecule has 0 aliphatic rings. The van der Waals surface area contributed by atoms with E-state index < -0.39 is 12.8 Å². The lowest BCUT2D eigenvalue weighted by Crippen LogP contribution is -2.41. The summed E-state index contributed by atoms with van der Waals surface area (Å²) in [6.07, 6.45) is 2.02. The minimum absolute atomic E-state index is 0.135. The summed E-state index contributed by atoms with van der Waals surface area (Å²) in [7, 11) is 0. The molecule has 1 N–H and O–H groups in total. The molecule has 0 fully saturated rings. The molecule has 4 nitrogen and oxygen atoms in total. The van der Waals surface area contributed by atoms with Crippen LogP contribution >= 0.6 is 0 Å². The maximum atomic E-state index is 12.1. The Hall–Kier alpha value is -1.76. The normalized spacial score (nSPS) is 14.0. The molecule has 0 aromatic carbocycles. The van der Waals surface area contributed by atoms with Gasteiger partial charge in [0.25, 0.3) is 0 Å². The fraction of sp³-hybridized carbons (Fsp3) is 0.500. The first-order valence-electron chi connectivity index (χ1n) is 6.58. The van der Waals surface area contributed by atoms with Gasteiger partial charge in [0.05, 0.1) is 6.04 Å². The summed E-state index contributed by atoms with van der Waals surface area (Å²) in [5.74, 6) is -0.135. The number of nitrogens with one attached hydrogen (secondary N) is 1. The van der Waals surface area contributed by atoms with Crippen molar-refractivity contribution in [3.63, 3.8) is 0 Å². The molecular formula is C14H22F3N3O.